The number of ether oxygens (including phenoxy) is 1. The van der Waals surface area contributed by atoms with Crippen LogP contribution in [0.1, 0.15) is 23.6 Å². The highest BCUT2D eigenvalue weighted by Gasteiger charge is 2.09. The molecule has 0 atom stereocenters. The van der Waals surface area contributed by atoms with E-state index in [1.54, 1.807) is 38.4 Å². The van der Waals surface area contributed by atoms with E-state index in [1.165, 1.54) is 12.2 Å². The topological polar surface area (TPSA) is 62.7 Å². The third-order valence-electron chi connectivity index (χ3n) is 4.89. The number of hydrogen-bond acceptors (Lipinski definition) is 3. The summed E-state index contributed by atoms with van der Waals surface area (Å²) in [6, 6.07) is 11.1. The van der Waals surface area contributed by atoms with Crippen molar-refractivity contribution >= 4 is 29.2 Å². The van der Waals surface area contributed by atoms with Crippen LogP contribution in [0.3, 0.4) is 0 Å². The highest BCUT2D eigenvalue weighted by molar-refractivity contribution is 6.08. The van der Waals surface area contributed by atoms with Crippen LogP contribution in [-0.4, -0.2) is 25.9 Å². The molecule has 33 heavy (non-hydrogen) atoms. The van der Waals surface area contributed by atoms with E-state index in [2.05, 4.69) is 28.8 Å². The highest BCUT2D eigenvalue weighted by atomic mass is 19.1. The summed E-state index contributed by atoms with van der Waals surface area (Å²) in [7, 11) is 3.20. The van der Waals surface area contributed by atoms with Gasteiger partial charge in [0.25, 0.3) is 0 Å². The number of hydrogen-bond donors (Lipinski definition) is 2. The minimum absolute atomic E-state index is 0.198. The lowest BCUT2D eigenvalue weighted by atomic mass is 10.1. The Balaban J connectivity index is 2.21. The molecule has 2 N–H and O–H groups in total. The predicted molar refractivity (Wildman–Crippen MR) is 137 cm³/mol. The Hall–Kier alpha value is -3.93. The Morgan fingerprint density at radius 1 is 1.21 bits per heavy atom. The molecule has 0 saturated heterocycles. The Bertz CT molecular complexity index is 1110. The number of aryl methyl sites for hydroxylation is 2. The average molecular weight is 448 g/mol. The zero-order valence-electron chi connectivity index (χ0n) is 19.5. The molecule has 2 rings (SSSR count). The normalized spacial score (nSPS) is 11.9. The number of rotatable bonds is 9. The minimum atomic E-state index is -0.466. The van der Waals surface area contributed by atoms with Gasteiger partial charge in [0.1, 0.15) is 17.4 Å². The van der Waals surface area contributed by atoms with Gasteiger partial charge in [-0.25, -0.2) is 4.39 Å². The number of carbonyl (C=O) groups is 1. The van der Waals surface area contributed by atoms with Crippen molar-refractivity contribution in [2.24, 2.45) is 4.99 Å². The number of benzene rings is 2. The molecule has 0 heterocycles. The molecule has 0 bridgehead atoms. The van der Waals surface area contributed by atoms with Crippen molar-refractivity contribution < 1.29 is 13.9 Å². The Morgan fingerprint density at radius 3 is 2.61 bits per heavy atom. The molecular formula is C27H30FN3O2. The molecule has 5 nitrogen and oxygen atoms in total. The number of carbonyl (C=O) groups excluding carboxylic acids is 1. The smallest absolute Gasteiger partial charge is 0.247 e. The fourth-order valence-corrected chi connectivity index (χ4v) is 3.01. The number of allylic oxidation sites excluding steroid dienone is 3. The number of nitrogens with one attached hydrogen (secondary N) is 2. The number of aliphatic imine (C=N–C) groups is 1. The Morgan fingerprint density at radius 2 is 1.97 bits per heavy atom. The molecular weight excluding hydrogens is 417 g/mol. The second kappa shape index (κ2) is 12.2. The SMILES string of the molecule is C=CC(=O)Nc1cccc(C)c1NC(/C=C\C(=C)/C(F)=C/c1cc(CC)cc(OC)c1)=N/C. The van der Waals surface area contributed by atoms with Gasteiger partial charge in [0, 0.05) is 12.6 Å². The third kappa shape index (κ3) is 7.31. The first-order valence-corrected chi connectivity index (χ1v) is 10.5. The second-order valence-corrected chi connectivity index (χ2v) is 7.24. The highest BCUT2D eigenvalue weighted by Crippen LogP contribution is 2.26. The average Bonchev–Trinajstić information content (AvgIpc) is 2.82. The molecule has 0 aliphatic rings. The summed E-state index contributed by atoms with van der Waals surface area (Å²) >= 11 is 0. The fourth-order valence-electron chi connectivity index (χ4n) is 3.01. The third-order valence-corrected chi connectivity index (χ3v) is 4.89. The van der Waals surface area contributed by atoms with Crippen molar-refractivity contribution in [3.8, 4) is 5.75 Å². The first-order chi connectivity index (χ1) is 15.8. The molecule has 0 aliphatic heterocycles. The zero-order valence-corrected chi connectivity index (χ0v) is 19.5. The van der Waals surface area contributed by atoms with Crippen molar-refractivity contribution in [2.75, 3.05) is 24.8 Å². The molecule has 0 saturated carbocycles. The van der Waals surface area contributed by atoms with Crippen molar-refractivity contribution in [1.82, 2.24) is 0 Å². The number of halogens is 1. The summed E-state index contributed by atoms with van der Waals surface area (Å²) in [6.45, 7) is 11.2. The quantitative estimate of drug-likeness (QED) is 0.207. The Kier molecular flexibility index (Phi) is 9.36. The van der Waals surface area contributed by atoms with Crippen LogP contribution in [0.5, 0.6) is 5.75 Å². The van der Waals surface area contributed by atoms with E-state index >= 15 is 0 Å². The first kappa shape index (κ1) is 25.3. The van der Waals surface area contributed by atoms with Crippen LogP contribution in [0.4, 0.5) is 15.8 Å². The van der Waals surface area contributed by atoms with Crippen LogP contribution >= 0.6 is 0 Å². The van der Waals surface area contributed by atoms with Crippen LogP contribution in [0.25, 0.3) is 6.08 Å². The predicted octanol–water partition coefficient (Wildman–Crippen LogP) is 6.25. The summed E-state index contributed by atoms with van der Waals surface area (Å²) in [4.78, 5) is 16.0. The number of nitrogens with zero attached hydrogens (tertiary/aromatic N) is 1. The van der Waals surface area contributed by atoms with Crippen LogP contribution < -0.4 is 15.4 Å². The lowest BCUT2D eigenvalue weighted by Crippen LogP contribution is -2.15. The molecule has 2 aromatic carbocycles. The van der Waals surface area contributed by atoms with Crippen molar-refractivity contribution in [3.05, 3.63) is 95.9 Å². The molecule has 1 amide bonds. The summed E-state index contributed by atoms with van der Waals surface area (Å²) in [5.74, 6) is 0.365. The lowest BCUT2D eigenvalue weighted by molar-refractivity contribution is -0.111. The molecule has 172 valence electrons. The number of methoxy groups -OCH3 is 1. The summed E-state index contributed by atoms with van der Waals surface area (Å²) in [5.41, 5.74) is 4.12. The van der Waals surface area contributed by atoms with Gasteiger partial charge in [-0.2, -0.15) is 0 Å². The number of amides is 1. The molecule has 2 aromatic rings. The van der Waals surface area contributed by atoms with Gasteiger partial charge < -0.3 is 15.4 Å². The molecule has 6 heteroatoms. The molecule has 0 unspecified atom stereocenters. The molecule has 0 radical (unpaired) electrons. The summed E-state index contributed by atoms with van der Waals surface area (Å²) in [6.07, 6.45) is 6.61. The van der Waals surface area contributed by atoms with Gasteiger partial charge in [-0.15, -0.1) is 0 Å². The van der Waals surface area contributed by atoms with E-state index < -0.39 is 5.83 Å². The molecule has 0 spiro atoms. The van der Waals surface area contributed by atoms with Crippen LogP contribution in [0.2, 0.25) is 0 Å². The number of anilines is 2. The number of para-hydroxylation sites is 1. The van der Waals surface area contributed by atoms with Gasteiger partial charge >= 0.3 is 0 Å². The molecule has 0 aromatic heterocycles. The van der Waals surface area contributed by atoms with E-state index in [9.17, 15) is 9.18 Å². The van der Waals surface area contributed by atoms with Crippen LogP contribution in [0, 0.1) is 6.92 Å². The van der Waals surface area contributed by atoms with Gasteiger partial charge in [0.2, 0.25) is 5.91 Å². The largest absolute Gasteiger partial charge is 0.497 e. The van der Waals surface area contributed by atoms with E-state index in [1.807, 2.05) is 38.1 Å². The fraction of sp³-hybridized carbons (Fsp3) is 0.185. The van der Waals surface area contributed by atoms with Gasteiger partial charge in [-0.05, 0) is 72.5 Å². The zero-order chi connectivity index (χ0) is 24.4. The van der Waals surface area contributed by atoms with Crippen molar-refractivity contribution in [2.45, 2.75) is 20.3 Å². The molecule has 0 fully saturated rings. The van der Waals surface area contributed by atoms with E-state index in [4.69, 9.17) is 4.74 Å². The summed E-state index contributed by atoms with van der Waals surface area (Å²) < 4.78 is 20.1. The summed E-state index contributed by atoms with van der Waals surface area (Å²) in [5, 5.41) is 5.95. The first-order valence-electron chi connectivity index (χ1n) is 10.5. The minimum Gasteiger partial charge on any atom is -0.497 e. The van der Waals surface area contributed by atoms with Gasteiger partial charge in [0.05, 0.1) is 18.5 Å². The maximum Gasteiger partial charge on any atom is 0.247 e. The number of amidine groups is 1. The standard InChI is InChI=1S/C27H30FN3O2/c1-7-20-14-21(16-22(15-20)33-6)17-23(28)18(3)12-13-25(29-5)31-27-19(4)10-9-11-24(27)30-26(32)8-2/h8-17H,2-3,7H2,1,4-6H3,(H,29,31)(H,30,32)/b13-12-,23-17-. The van der Waals surface area contributed by atoms with Gasteiger partial charge in [0.15, 0.2) is 0 Å². The van der Waals surface area contributed by atoms with E-state index in [0.717, 1.165) is 17.5 Å². The van der Waals surface area contributed by atoms with Crippen molar-refractivity contribution in [1.29, 1.82) is 0 Å². The maximum atomic E-state index is 14.8. The monoisotopic (exact) mass is 447 g/mol. The molecule has 0 aliphatic carbocycles. The second-order valence-electron chi connectivity index (χ2n) is 7.24. The Labute approximate surface area is 195 Å². The van der Waals surface area contributed by atoms with E-state index in [-0.39, 0.29) is 11.5 Å². The van der Waals surface area contributed by atoms with Crippen LogP contribution in [-0.2, 0) is 11.2 Å². The van der Waals surface area contributed by atoms with E-state index in [0.29, 0.717) is 28.5 Å². The van der Waals surface area contributed by atoms with Crippen molar-refractivity contribution in [3.63, 3.8) is 0 Å². The van der Waals surface area contributed by atoms with Crippen LogP contribution in [0.15, 0.2) is 84.2 Å². The maximum absolute atomic E-state index is 14.8. The lowest BCUT2D eigenvalue weighted by Gasteiger charge is -2.15. The van der Waals surface area contributed by atoms with Gasteiger partial charge in [-0.1, -0.05) is 38.3 Å². The van der Waals surface area contributed by atoms with Gasteiger partial charge in [-0.3, -0.25) is 9.79 Å².